The maximum Gasteiger partial charge on any atom is 0.250 e. The predicted molar refractivity (Wildman–Crippen MR) is 73.7 cm³/mol. The Morgan fingerprint density at radius 1 is 1.28 bits per heavy atom. The molecule has 0 saturated carbocycles. The van der Waals surface area contributed by atoms with Crippen LogP contribution >= 0.6 is 0 Å². The standard InChI is InChI=1S/C13H20N4O/c1-2-16-6-8-17(9-7-16)12-10(13(15)18)4-3-5-11(12)14/h3-5H,2,6-9,14H2,1H3,(H2,15,18). The summed E-state index contributed by atoms with van der Waals surface area (Å²) in [5.74, 6) is -0.421. The lowest BCUT2D eigenvalue weighted by atomic mass is 10.1. The van der Waals surface area contributed by atoms with Crippen molar-refractivity contribution in [2.45, 2.75) is 6.92 Å². The number of rotatable bonds is 3. The molecule has 0 spiro atoms. The molecule has 5 heteroatoms. The number of nitrogen functional groups attached to an aromatic ring is 1. The molecule has 18 heavy (non-hydrogen) atoms. The number of carbonyl (C=O) groups is 1. The average Bonchev–Trinajstić information content (AvgIpc) is 2.38. The Hall–Kier alpha value is -1.75. The van der Waals surface area contributed by atoms with Gasteiger partial charge in [-0.15, -0.1) is 0 Å². The molecule has 4 N–H and O–H groups in total. The molecule has 0 aliphatic carbocycles. The fraction of sp³-hybridized carbons (Fsp3) is 0.462. The fourth-order valence-electron chi connectivity index (χ4n) is 2.40. The Kier molecular flexibility index (Phi) is 3.72. The van der Waals surface area contributed by atoms with E-state index < -0.39 is 5.91 Å². The van der Waals surface area contributed by atoms with E-state index in [4.69, 9.17) is 11.5 Å². The van der Waals surface area contributed by atoms with E-state index in [1.807, 2.05) is 6.07 Å². The van der Waals surface area contributed by atoms with Gasteiger partial charge in [0.15, 0.2) is 0 Å². The van der Waals surface area contributed by atoms with Crippen LogP contribution in [0.2, 0.25) is 0 Å². The molecule has 98 valence electrons. The third kappa shape index (κ3) is 2.41. The van der Waals surface area contributed by atoms with Gasteiger partial charge in [-0.05, 0) is 18.7 Å². The zero-order valence-corrected chi connectivity index (χ0v) is 10.7. The molecular weight excluding hydrogens is 228 g/mol. The van der Waals surface area contributed by atoms with E-state index in [0.29, 0.717) is 11.3 Å². The van der Waals surface area contributed by atoms with E-state index >= 15 is 0 Å². The lowest BCUT2D eigenvalue weighted by Gasteiger charge is -2.36. The van der Waals surface area contributed by atoms with Gasteiger partial charge in [-0.1, -0.05) is 13.0 Å². The molecule has 1 aromatic carbocycles. The maximum atomic E-state index is 11.5. The number of carbonyl (C=O) groups excluding carboxylic acids is 1. The van der Waals surface area contributed by atoms with Gasteiger partial charge in [-0.3, -0.25) is 4.79 Å². The molecule has 0 bridgehead atoms. The van der Waals surface area contributed by atoms with Crippen LogP contribution < -0.4 is 16.4 Å². The van der Waals surface area contributed by atoms with E-state index in [0.717, 1.165) is 38.4 Å². The van der Waals surface area contributed by atoms with E-state index in [1.54, 1.807) is 12.1 Å². The smallest absolute Gasteiger partial charge is 0.250 e. The van der Waals surface area contributed by atoms with Crippen molar-refractivity contribution in [3.05, 3.63) is 23.8 Å². The van der Waals surface area contributed by atoms with Crippen molar-refractivity contribution in [3.8, 4) is 0 Å². The molecule has 0 aromatic heterocycles. The Morgan fingerprint density at radius 2 is 1.94 bits per heavy atom. The Labute approximate surface area is 107 Å². The summed E-state index contributed by atoms with van der Waals surface area (Å²) in [7, 11) is 0. The topological polar surface area (TPSA) is 75.6 Å². The quantitative estimate of drug-likeness (QED) is 0.764. The Morgan fingerprint density at radius 3 is 2.50 bits per heavy atom. The molecule has 2 rings (SSSR count). The van der Waals surface area contributed by atoms with Gasteiger partial charge in [0.05, 0.1) is 16.9 Å². The number of amides is 1. The molecule has 0 radical (unpaired) electrons. The van der Waals surface area contributed by atoms with Gasteiger partial charge in [0.2, 0.25) is 0 Å². The molecule has 1 heterocycles. The zero-order valence-electron chi connectivity index (χ0n) is 10.7. The fourth-order valence-corrected chi connectivity index (χ4v) is 2.40. The van der Waals surface area contributed by atoms with Gasteiger partial charge in [-0.25, -0.2) is 0 Å². The van der Waals surface area contributed by atoms with Gasteiger partial charge in [0, 0.05) is 26.2 Å². The van der Waals surface area contributed by atoms with Crippen molar-refractivity contribution in [3.63, 3.8) is 0 Å². The van der Waals surface area contributed by atoms with Crippen LogP contribution in [0.4, 0.5) is 11.4 Å². The lowest BCUT2D eigenvalue weighted by molar-refractivity contribution is 0.100. The molecule has 1 amide bonds. The van der Waals surface area contributed by atoms with Crippen molar-refractivity contribution < 1.29 is 4.79 Å². The first kappa shape index (κ1) is 12.7. The monoisotopic (exact) mass is 248 g/mol. The molecule has 0 atom stereocenters. The second kappa shape index (κ2) is 5.27. The first-order valence-corrected chi connectivity index (χ1v) is 6.29. The second-order valence-corrected chi connectivity index (χ2v) is 4.53. The van der Waals surface area contributed by atoms with Crippen LogP contribution in [-0.4, -0.2) is 43.5 Å². The number of hydrogen-bond donors (Lipinski definition) is 2. The molecule has 1 aromatic rings. The summed E-state index contributed by atoms with van der Waals surface area (Å²) in [5, 5.41) is 0. The number of nitrogens with zero attached hydrogens (tertiary/aromatic N) is 2. The van der Waals surface area contributed by atoms with E-state index in [-0.39, 0.29) is 0 Å². The number of piperazine rings is 1. The summed E-state index contributed by atoms with van der Waals surface area (Å²) in [5.41, 5.74) is 13.3. The SMILES string of the molecule is CCN1CCN(c2c(N)cccc2C(N)=O)CC1. The summed E-state index contributed by atoms with van der Waals surface area (Å²) in [4.78, 5) is 16.0. The molecule has 0 unspecified atom stereocenters. The number of benzene rings is 1. The van der Waals surface area contributed by atoms with Crippen LogP contribution in [0.15, 0.2) is 18.2 Å². The minimum absolute atomic E-state index is 0.421. The first-order valence-electron chi connectivity index (χ1n) is 6.29. The number of para-hydroxylation sites is 1. The Balaban J connectivity index is 2.26. The third-order valence-electron chi connectivity index (χ3n) is 3.47. The predicted octanol–water partition coefficient (Wildman–Crippen LogP) is 0.510. The summed E-state index contributed by atoms with van der Waals surface area (Å²) in [6, 6.07) is 5.31. The van der Waals surface area contributed by atoms with Crippen molar-refractivity contribution >= 4 is 17.3 Å². The van der Waals surface area contributed by atoms with Crippen LogP contribution in [0.3, 0.4) is 0 Å². The Bertz CT molecular complexity index is 439. The van der Waals surface area contributed by atoms with Crippen LogP contribution in [0, 0.1) is 0 Å². The normalized spacial score (nSPS) is 16.8. The number of nitrogens with two attached hydrogens (primary N) is 2. The highest BCUT2D eigenvalue weighted by Crippen LogP contribution is 2.28. The molecule has 1 aliphatic heterocycles. The van der Waals surface area contributed by atoms with Crippen molar-refractivity contribution in [1.29, 1.82) is 0 Å². The van der Waals surface area contributed by atoms with Crippen molar-refractivity contribution in [2.24, 2.45) is 5.73 Å². The average molecular weight is 248 g/mol. The van der Waals surface area contributed by atoms with Crippen LogP contribution in [-0.2, 0) is 0 Å². The third-order valence-corrected chi connectivity index (χ3v) is 3.47. The van der Waals surface area contributed by atoms with Gasteiger partial charge >= 0.3 is 0 Å². The van der Waals surface area contributed by atoms with Gasteiger partial charge in [0.25, 0.3) is 5.91 Å². The van der Waals surface area contributed by atoms with Gasteiger partial charge in [0.1, 0.15) is 0 Å². The molecule has 1 saturated heterocycles. The zero-order chi connectivity index (χ0) is 13.1. The minimum atomic E-state index is -0.421. The highest BCUT2D eigenvalue weighted by atomic mass is 16.1. The van der Waals surface area contributed by atoms with Crippen molar-refractivity contribution in [1.82, 2.24) is 4.90 Å². The number of primary amides is 1. The van der Waals surface area contributed by atoms with Crippen LogP contribution in [0.5, 0.6) is 0 Å². The van der Waals surface area contributed by atoms with E-state index in [9.17, 15) is 4.79 Å². The molecular formula is C13H20N4O. The maximum absolute atomic E-state index is 11.5. The van der Waals surface area contributed by atoms with Gasteiger partial charge < -0.3 is 21.3 Å². The number of likely N-dealkylation sites (N-methyl/N-ethyl adjacent to an activating group) is 1. The molecule has 5 nitrogen and oxygen atoms in total. The number of hydrogen-bond acceptors (Lipinski definition) is 4. The van der Waals surface area contributed by atoms with E-state index in [1.165, 1.54) is 0 Å². The van der Waals surface area contributed by atoms with Crippen molar-refractivity contribution in [2.75, 3.05) is 43.4 Å². The highest BCUT2D eigenvalue weighted by Gasteiger charge is 2.21. The first-order chi connectivity index (χ1) is 8.63. The second-order valence-electron chi connectivity index (χ2n) is 4.53. The summed E-state index contributed by atoms with van der Waals surface area (Å²) in [6.45, 7) is 6.94. The van der Waals surface area contributed by atoms with Crippen LogP contribution in [0.1, 0.15) is 17.3 Å². The lowest BCUT2D eigenvalue weighted by Crippen LogP contribution is -2.47. The summed E-state index contributed by atoms with van der Waals surface area (Å²) in [6.07, 6.45) is 0. The molecule has 1 aliphatic rings. The van der Waals surface area contributed by atoms with Gasteiger partial charge in [-0.2, -0.15) is 0 Å². The highest BCUT2D eigenvalue weighted by molar-refractivity contribution is 6.01. The largest absolute Gasteiger partial charge is 0.397 e. The number of anilines is 2. The summed E-state index contributed by atoms with van der Waals surface area (Å²) < 4.78 is 0. The van der Waals surface area contributed by atoms with Crippen LogP contribution in [0.25, 0.3) is 0 Å². The van der Waals surface area contributed by atoms with E-state index in [2.05, 4.69) is 16.7 Å². The molecule has 1 fully saturated rings. The minimum Gasteiger partial charge on any atom is -0.397 e. The summed E-state index contributed by atoms with van der Waals surface area (Å²) >= 11 is 0.